The van der Waals surface area contributed by atoms with Gasteiger partial charge in [-0.05, 0) is 37.1 Å². The van der Waals surface area contributed by atoms with Crippen LogP contribution in [-0.2, 0) is 16.1 Å². The van der Waals surface area contributed by atoms with Crippen molar-refractivity contribution in [2.24, 2.45) is 0 Å². The number of carbonyl (C=O) groups excluding carboxylic acids is 1. The van der Waals surface area contributed by atoms with Gasteiger partial charge in [-0.15, -0.1) is 0 Å². The summed E-state index contributed by atoms with van der Waals surface area (Å²) in [6, 6.07) is 8.36. The molecule has 6 heteroatoms. The van der Waals surface area contributed by atoms with Crippen molar-refractivity contribution in [1.82, 2.24) is 19.8 Å². The first-order valence-electron chi connectivity index (χ1n) is 8.23. The van der Waals surface area contributed by atoms with Crippen molar-refractivity contribution in [3.8, 4) is 5.69 Å². The van der Waals surface area contributed by atoms with Crippen molar-refractivity contribution in [2.75, 3.05) is 27.3 Å². The number of rotatable bonds is 6. The summed E-state index contributed by atoms with van der Waals surface area (Å²) in [5.41, 5.74) is 1.70. The number of benzene rings is 1. The number of likely N-dealkylation sites (tertiary alicyclic amines) is 1. The normalized spacial score (nSPS) is 21.1. The molecule has 1 atom stereocenters. The number of likely N-dealkylation sites (N-methyl/N-ethyl adjacent to an activating group) is 1. The minimum atomic E-state index is -0.563. The van der Waals surface area contributed by atoms with Crippen LogP contribution in [-0.4, -0.2) is 53.2 Å². The molecule has 24 heavy (non-hydrogen) atoms. The van der Waals surface area contributed by atoms with E-state index in [-0.39, 0.29) is 5.91 Å². The molecule has 1 aliphatic heterocycles. The van der Waals surface area contributed by atoms with Crippen LogP contribution in [0.2, 0.25) is 0 Å². The molecule has 0 radical (unpaired) electrons. The van der Waals surface area contributed by atoms with Gasteiger partial charge in [0.15, 0.2) is 0 Å². The Morgan fingerprint density at radius 1 is 1.38 bits per heavy atom. The molecule has 1 unspecified atom stereocenters. The van der Waals surface area contributed by atoms with E-state index in [1.807, 2.05) is 10.8 Å². The average Bonchev–Trinajstić information content (AvgIpc) is 3.26. The number of aromatic nitrogens is 2. The van der Waals surface area contributed by atoms with Crippen LogP contribution in [0.3, 0.4) is 0 Å². The number of nitrogens with zero attached hydrogens (tertiary/aromatic N) is 3. The summed E-state index contributed by atoms with van der Waals surface area (Å²) in [6.45, 7) is 2.06. The number of hydrogen-bond acceptors (Lipinski definition) is 4. The Balaban J connectivity index is 1.77. The highest BCUT2D eigenvalue weighted by molar-refractivity contribution is 5.86. The first kappa shape index (κ1) is 16.7. The zero-order valence-electron chi connectivity index (χ0n) is 14.2. The lowest BCUT2D eigenvalue weighted by molar-refractivity contribution is -0.135. The maximum Gasteiger partial charge on any atom is 0.242 e. The monoisotopic (exact) mass is 328 g/mol. The second-order valence-electron chi connectivity index (χ2n) is 6.21. The second kappa shape index (κ2) is 7.15. The molecule has 0 saturated carbocycles. The fourth-order valence-corrected chi connectivity index (χ4v) is 3.53. The SMILES string of the molecule is CNC(=O)C1(COC)CCCN1Cc1ccc(-n2ccnc2)cc1. The van der Waals surface area contributed by atoms with Gasteiger partial charge in [0.1, 0.15) is 5.54 Å². The molecule has 1 aliphatic rings. The fourth-order valence-electron chi connectivity index (χ4n) is 3.53. The molecule has 6 nitrogen and oxygen atoms in total. The fraction of sp³-hybridized carbons (Fsp3) is 0.444. The zero-order valence-corrected chi connectivity index (χ0v) is 14.2. The minimum Gasteiger partial charge on any atom is -0.382 e. The Hall–Kier alpha value is -2.18. The van der Waals surface area contributed by atoms with Crippen LogP contribution in [0, 0.1) is 0 Å². The molecule has 1 fully saturated rings. The minimum absolute atomic E-state index is 0.0388. The van der Waals surface area contributed by atoms with Crippen LogP contribution in [0.25, 0.3) is 5.69 Å². The number of methoxy groups -OCH3 is 1. The molecule has 0 bridgehead atoms. The largest absolute Gasteiger partial charge is 0.382 e. The van der Waals surface area contributed by atoms with Gasteiger partial charge in [0.05, 0.1) is 12.9 Å². The Morgan fingerprint density at radius 2 is 2.17 bits per heavy atom. The van der Waals surface area contributed by atoms with E-state index in [0.29, 0.717) is 6.61 Å². The third-order valence-corrected chi connectivity index (χ3v) is 4.77. The molecule has 0 spiro atoms. The summed E-state index contributed by atoms with van der Waals surface area (Å²) in [5, 5.41) is 2.81. The lowest BCUT2D eigenvalue weighted by Crippen LogP contribution is -2.57. The number of nitrogens with one attached hydrogen (secondary N) is 1. The highest BCUT2D eigenvalue weighted by Crippen LogP contribution is 2.31. The number of ether oxygens (including phenoxy) is 1. The van der Waals surface area contributed by atoms with E-state index < -0.39 is 5.54 Å². The molecule has 1 saturated heterocycles. The van der Waals surface area contributed by atoms with Crippen LogP contribution in [0.4, 0.5) is 0 Å². The number of carbonyl (C=O) groups is 1. The van der Waals surface area contributed by atoms with Crippen molar-refractivity contribution in [3.05, 3.63) is 48.5 Å². The molecule has 2 heterocycles. The third-order valence-electron chi connectivity index (χ3n) is 4.77. The van der Waals surface area contributed by atoms with E-state index in [1.165, 1.54) is 5.56 Å². The van der Waals surface area contributed by atoms with Gasteiger partial charge >= 0.3 is 0 Å². The van der Waals surface area contributed by atoms with E-state index >= 15 is 0 Å². The highest BCUT2D eigenvalue weighted by Gasteiger charge is 2.46. The van der Waals surface area contributed by atoms with Crippen LogP contribution >= 0.6 is 0 Å². The topological polar surface area (TPSA) is 59.4 Å². The quantitative estimate of drug-likeness (QED) is 0.875. The average molecular weight is 328 g/mol. The van der Waals surface area contributed by atoms with Crippen LogP contribution in [0.15, 0.2) is 43.0 Å². The van der Waals surface area contributed by atoms with Crippen LogP contribution in [0.1, 0.15) is 18.4 Å². The Morgan fingerprint density at radius 3 is 2.79 bits per heavy atom. The predicted molar refractivity (Wildman–Crippen MR) is 91.9 cm³/mol. The molecule has 3 rings (SSSR count). The summed E-state index contributed by atoms with van der Waals surface area (Å²) in [7, 11) is 3.34. The van der Waals surface area contributed by atoms with E-state index in [1.54, 1.807) is 26.7 Å². The summed E-state index contributed by atoms with van der Waals surface area (Å²) in [4.78, 5) is 18.8. The Kier molecular flexibility index (Phi) is 4.97. The summed E-state index contributed by atoms with van der Waals surface area (Å²) >= 11 is 0. The van der Waals surface area contributed by atoms with E-state index in [4.69, 9.17) is 4.74 Å². The first-order valence-corrected chi connectivity index (χ1v) is 8.23. The van der Waals surface area contributed by atoms with Gasteiger partial charge in [-0.25, -0.2) is 4.98 Å². The summed E-state index contributed by atoms with van der Waals surface area (Å²) < 4.78 is 7.35. The highest BCUT2D eigenvalue weighted by atomic mass is 16.5. The molecule has 1 aromatic heterocycles. The molecule has 1 N–H and O–H groups in total. The molecule has 1 amide bonds. The van der Waals surface area contributed by atoms with Crippen molar-refractivity contribution < 1.29 is 9.53 Å². The Labute approximate surface area is 142 Å². The van der Waals surface area contributed by atoms with Crippen LogP contribution in [0.5, 0.6) is 0 Å². The second-order valence-corrected chi connectivity index (χ2v) is 6.21. The number of imidazole rings is 1. The van der Waals surface area contributed by atoms with E-state index in [9.17, 15) is 4.79 Å². The number of hydrogen-bond donors (Lipinski definition) is 1. The molecular weight excluding hydrogens is 304 g/mol. The van der Waals surface area contributed by atoms with Crippen molar-refractivity contribution >= 4 is 5.91 Å². The van der Waals surface area contributed by atoms with Gasteiger partial charge in [0.2, 0.25) is 5.91 Å². The lowest BCUT2D eigenvalue weighted by atomic mass is 9.95. The number of amides is 1. The maximum absolute atomic E-state index is 12.5. The van der Waals surface area contributed by atoms with Crippen molar-refractivity contribution in [3.63, 3.8) is 0 Å². The standard InChI is InChI=1S/C18H24N4O2/c1-19-17(23)18(13-24-2)8-3-10-22(18)12-15-4-6-16(7-5-15)21-11-9-20-14-21/h4-7,9,11,14H,3,8,10,12-13H2,1-2H3,(H,19,23). The molecular formula is C18H24N4O2. The third kappa shape index (κ3) is 3.07. The molecule has 2 aromatic rings. The van der Waals surface area contributed by atoms with Gasteiger partial charge in [-0.2, -0.15) is 0 Å². The van der Waals surface area contributed by atoms with E-state index in [2.05, 4.69) is 39.5 Å². The maximum atomic E-state index is 12.5. The first-order chi connectivity index (χ1) is 11.7. The van der Waals surface area contributed by atoms with E-state index in [0.717, 1.165) is 31.6 Å². The summed E-state index contributed by atoms with van der Waals surface area (Å²) in [6.07, 6.45) is 7.30. The van der Waals surface area contributed by atoms with Crippen LogP contribution < -0.4 is 5.32 Å². The molecule has 128 valence electrons. The molecule has 1 aromatic carbocycles. The zero-order chi connectivity index (χ0) is 17.0. The Bertz CT molecular complexity index is 669. The van der Waals surface area contributed by atoms with Gasteiger partial charge in [0, 0.05) is 38.8 Å². The van der Waals surface area contributed by atoms with Gasteiger partial charge in [-0.1, -0.05) is 12.1 Å². The lowest BCUT2D eigenvalue weighted by Gasteiger charge is -2.36. The van der Waals surface area contributed by atoms with Crippen molar-refractivity contribution in [2.45, 2.75) is 24.9 Å². The van der Waals surface area contributed by atoms with Gasteiger partial charge < -0.3 is 14.6 Å². The smallest absolute Gasteiger partial charge is 0.242 e. The summed E-state index contributed by atoms with van der Waals surface area (Å²) in [5.74, 6) is 0.0388. The molecule has 0 aliphatic carbocycles. The predicted octanol–water partition coefficient (Wildman–Crippen LogP) is 1.60. The van der Waals surface area contributed by atoms with Crippen molar-refractivity contribution in [1.29, 1.82) is 0 Å². The van der Waals surface area contributed by atoms with Gasteiger partial charge in [-0.3, -0.25) is 9.69 Å². The van der Waals surface area contributed by atoms with Gasteiger partial charge in [0.25, 0.3) is 0 Å².